The van der Waals surface area contributed by atoms with E-state index in [0.717, 1.165) is 5.56 Å². The van der Waals surface area contributed by atoms with Gasteiger partial charge in [-0.1, -0.05) is 12.1 Å². The van der Waals surface area contributed by atoms with Crippen molar-refractivity contribution in [3.63, 3.8) is 0 Å². The zero-order valence-corrected chi connectivity index (χ0v) is 10.3. The van der Waals surface area contributed by atoms with E-state index in [0.29, 0.717) is 17.9 Å². The van der Waals surface area contributed by atoms with Gasteiger partial charge in [0.1, 0.15) is 12.4 Å². The molecule has 2 rings (SSSR count). The molecule has 1 fully saturated rings. The van der Waals surface area contributed by atoms with Crippen LogP contribution in [-0.4, -0.2) is 38.2 Å². The highest BCUT2D eigenvalue weighted by Gasteiger charge is 2.28. The van der Waals surface area contributed by atoms with Crippen LogP contribution in [0.3, 0.4) is 0 Å². The van der Waals surface area contributed by atoms with E-state index < -0.39 is 9.84 Å². The second-order valence-corrected chi connectivity index (χ2v) is 6.47. The SMILES string of the molecule is O=S1(=O)CCC(c2ccc(OCCO)cc2)C1. The molecule has 0 aliphatic carbocycles. The monoisotopic (exact) mass is 256 g/mol. The van der Waals surface area contributed by atoms with Crippen molar-refractivity contribution in [2.45, 2.75) is 12.3 Å². The summed E-state index contributed by atoms with van der Waals surface area (Å²) in [5.74, 6) is 1.36. The molecule has 0 aromatic heterocycles. The van der Waals surface area contributed by atoms with E-state index in [1.807, 2.05) is 24.3 Å². The van der Waals surface area contributed by atoms with Gasteiger partial charge in [0, 0.05) is 0 Å². The first-order chi connectivity index (χ1) is 8.11. The molecule has 4 nitrogen and oxygen atoms in total. The molecule has 94 valence electrons. The van der Waals surface area contributed by atoms with Crippen LogP contribution in [-0.2, 0) is 9.84 Å². The lowest BCUT2D eigenvalue weighted by Gasteiger charge is -2.09. The Kier molecular flexibility index (Phi) is 3.69. The molecule has 1 aliphatic rings. The summed E-state index contributed by atoms with van der Waals surface area (Å²) in [6.45, 7) is 0.264. The lowest BCUT2D eigenvalue weighted by atomic mass is 9.99. The Morgan fingerprint density at radius 2 is 2.00 bits per heavy atom. The normalized spacial score (nSPS) is 22.5. The van der Waals surface area contributed by atoms with Crippen LogP contribution in [0.25, 0.3) is 0 Å². The van der Waals surface area contributed by atoms with E-state index in [1.165, 1.54) is 0 Å². The number of ether oxygens (including phenoxy) is 1. The van der Waals surface area contributed by atoms with Crippen LogP contribution in [0.4, 0.5) is 0 Å². The van der Waals surface area contributed by atoms with Crippen molar-refractivity contribution in [2.24, 2.45) is 0 Å². The van der Waals surface area contributed by atoms with Crippen molar-refractivity contribution in [3.8, 4) is 5.75 Å². The van der Waals surface area contributed by atoms with Crippen molar-refractivity contribution in [1.29, 1.82) is 0 Å². The predicted molar refractivity (Wildman–Crippen MR) is 65.0 cm³/mol. The summed E-state index contributed by atoms with van der Waals surface area (Å²) < 4.78 is 28.0. The first-order valence-electron chi connectivity index (χ1n) is 5.65. The van der Waals surface area contributed by atoms with Crippen LogP contribution in [0.5, 0.6) is 5.75 Å². The molecule has 1 unspecified atom stereocenters. The van der Waals surface area contributed by atoms with Crippen LogP contribution in [0.1, 0.15) is 17.9 Å². The molecule has 1 saturated heterocycles. The van der Waals surface area contributed by atoms with Gasteiger partial charge in [-0.2, -0.15) is 0 Å². The molecular weight excluding hydrogens is 240 g/mol. The minimum Gasteiger partial charge on any atom is -0.491 e. The van der Waals surface area contributed by atoms with E-state index in [1.54, 1.807) is 0 Å². The quantitative estimate of drug-likeness (QED) is 0.871. The van der Waals surface area contributed by atoms with E-state index in [9.17, 15) is 8.42 Å². The minimum absolute atomic E-state index is 0.0113. The first-order valence-corrected chi connectivity index (χ1v) is 7.47. The highest BCUT2D eigenvalue weighted by atomic mass is 32.2. The third-order valence-electron chi connectivity index (χ3n) is 2.94. The van der Waals surface area contributed by atoms with Crippen LogP contribution >= 0.6 is 0 Å². The molecule has 0 radical (unpaired) electrons. The van der Waals surface area contributed by atoms with Crippen molar-refractivity contribution in [2.75, 3.05) is 24.7 Å². The van der Waals surface area contributed by atoms with Gasteiger partial charge in [-0.3, -0.25) is 0 Å². The molecule has 0 amide bonds. The van der Waals surface area contributed by atoms with Crippen molar-refractivity contribution >= 4 is 9.84 Å². The average Bonchev–Trinajstić information content (AvgIpc) is 2.68. The van der Waals surface area contributed by atoms with Crippen LogP contribution < -0.4 is 4.74 Å². The highest BCUT2D eigenvalue weighted by Crippen LogP contribution is 2.29. The van der Waals surface area contributed by atoms with Crippen molar-refractivity contribution < 1.29 is 18.3 Å². The average molecular weight is 256 g/mol. The maximum Gasteiger partial charge on any atom is 0.150 e. The fourth-order valence-electron chi connectivity index (χ4n) is 2.06. The molecule has 1 N–H and O–H groups in total. The fraction of sp³-hybridized carbons (Fsp3) is 0.500. The summed E-state index contributed by atoms with van der Waals surface area (Å²) in [6, 6.07) is 7.43. The lowest BCUT2D eigenvalue weighted by molar-refractivity contribution is 0.201. The summed E-state index contributed by atoms with van der Waals surface area (Å²) in [7, 11) is -2.83. The zero-order valence-electron chi connectivity index (χ0n) is 9.50. The van der Waals surface area contributed by atoms with Gasteiger partial charge < -0.3 is 9.84 Å². The molecule has 17 heavy (non-hydrogen) atoms. The third kappa shape index (κ3) is 3.20. The fourth-order valence-corrected chi connectivity index (χ4v) is 3.84. The zero-order chi connectivity index (χ0) is 12.3. The summed E-state index contributed by atoms with van der Waals surface area (Å²) >= 11 is 0. The van der Waals surface area contributed by atoms with Gasteiger partial charge in [-0.05, 0) is 30.0 Å². The van der Waals surface area contributed by atoms with Gasteiger partial charge in [-0.15, -0.1) is 0 Å². The van der Waals surface area contributed by atoms with E-state index in [-0.39, 0.29) is 24.9 Å². The summed E-state index contributed by atoms with van der Waals surface area (Å²) in [4.78, 5) is 0. The van der Waals surface area contributed by atoms with Gasteiger partial charge in [0.05, 0.1) is 18.1 Å². The number of hydrogen-bond acceptors (Lipinski definition) is 4. The minimum atomic E-state index is -2.83. The Labute approximate surface area is 101 Å². The van der Waals surface area contributed by atoms with Crippen molar-refractivity contribution in [3.05, 3.63) is 29.8 Å². The molecule has 1 atom stereocenters. The van der Waals surface area contributed by atoms with Crippen LogP contribution in [0, 0.1) is 0 Å². The molecule has 1 aliphatic heterocycles. The van der Waals surface area contributed by atoms with Gasteiger partial charge in [0.15, 0.2) is 9.84 Å². The lowest BCUT2D eigenvalue weighted by Crippen LogP contribution is -2.04. The summed E-state index contributed by atoms with van der Waals surface area (Å²) in [5.41, 5.74) is 1.04. The molecule has 0 spiro atoms. The Balaban J connectivity index is 2.03. The molecule has 1 heterocycles. The first kappa shape index (κ1) is 12.4. The molecule has 0 bridgehead atoms. The standard InChI is InChI=1S/C12H16O4S/c13-6-7-16-12-3-1-10(2-4-12)11-5-8-17(14,15)9-11/h1-4,11,13H,5-9H2. The molecule has 1 aromatic carbocycles. The number of benzene rings is 1. The van der Waals surface area contributed by atoms with Gasteiger partial charge in [-0.25, -0.2) is 8.42 Å². The molecule has 5 heteroatoms. The van der Waals surface area contributed by atoms with Crippen molar-refractivity contribution in [1.82, 2.24) is 0 Å². The Hall–Kier alpha value is -1.07. The number of aliphatic hydroxyl groups excluding tert-OH is 1. The van der Waals surface area contributed by atoms with E-state index in [2.05, 4.69) is 0 Å². The highest BCUT2D eigenvalue weighted by molar-refractivity contribution is 7.91. The predicted octanol–water partition coefficient (Wildman–Crippen LogP) is 0.960. The molecule has 1 aromatic rings. The largest absolute Gasteiger partial charge is 0.491 e. The van der Waals surface area contributed by atoms with Gasteiger partial charge >= 0.3 is 0 Å². The Morgan fingerprint density at radius 3 is 2.53 bits per heavy atom. The van der Waals surface area contributed by atoms with Crippen LogP contribution in [0.2, 0.25) is 0 Å². The van der Waals surface area contributed by atoms with E-state index in [4.69, 9.17) is 9.84 Å². The molecule has 0 saturated carbocycles. The summed E-state index contributed by atoms with van der Waals surface area (Å²) in [5, 5.41) is 8.62. The Morgan fingerprint density at radius 1 is 1.29 bits per heavy atom. The van der Waals surface area contributed by atoms with E-state index >= 15 is 0 Å². The van der Waals surface area contributed by atoms with Gasteiger partial charge in [0.2, 0.25) is 0 Å². The second kappa shape index (κ2) is 5.06. The third-order valence-corrected chi connectivity index (χ3v) is 4.71. The Bertz CT molecular complexity index is 464. The number of rotatable bonds is 4. The topological polar surface area (TPSA) is 63.6 Å². The maximum absolute atomic E-state index is 11.4. The molecular formula is C12H16O4S. The smallest absolute Gasteiger partial charge is 0.150 e. The summed E-state index contributed by atoms with van der Waals surface area (Å²) in [6.07, 6.45) is 0.708. The van der Waals surface area contributed by atoms with Crippen LogP contribution in [0.15, 0.2) is 24.3 Å². The number of hydrogen-bond donors (Lipinski definition) is 1. The number of sulfone groups is 1. The number of aliphatic hydroxyl groups is 1. The second-order valence-electron chi connectivity index (χ2n) is 4.24. The van der Waals surface area contributed by atoms with Gasteiger partial charge in [0.25, 0.3) is 0 Å². The maximum atomic E-state index is 11.4.